The average molecular weight is 885 g/mol. The highest BCUT2D eigenvalue weighted by atomic mass is 35.5. The standard InChI is InChI=1S/C50H52ClF3N2O7/c1-45-19-16-33(57)26-47(45)22-23-49(36(27-47)43(58)39-15-14-38(63-39)35-24-31(50(52,53)54)11-13-37(35)51)41(45)17-20-46(2)42(49)18-21-48(46,60)29-56(44(59)55-32-8-6-5-7-9-32)28-30-10-12-34(61-3)25-40(30)62-4/h5-15,22-25,27,33,41-42,57,60H,16-21,26,28-29H2,1-4H3,(H,55,59). The number of benzene rings is 3. The number of furan rings is 1. The monoisotopic (exact) mass is 884 g/mol. The quantitative estimate of drug-likeness (QED) is 0.107. The number of rotatable bonds is 10. The topological polar surface area (TPSA) is 121 Å². The Hall–Kier alpha value is -5.04. The number of hydrogen-bond acceptors (Lipinski definition) is 7. The molecule has 0 aliphatic heterocycles. The highest BCUT2D eigenvalue weighted by Crippen LogP contribution is 2.78. The van der Waals surface area contributed by atoms with E-state index < -0.39 is 51.5 Å². The molecule has 13 heteroatoms. The molecule has 3 N–H and O–H groups in total. The van der Waals surface area contributed by atoms with Gasteiger partial charge in [0.25, 0.3) is 0 Å². The predicted octanol–water partition coefficient (Wildman–Crippen LogP) is 11.1. The molecule has 8 atom stereocenters. The molecule has 2 spiro atoms. The van der Waals surface area contributed by atoms with E-state index in [2.05, 4.69) is 31.3 Å². The summed E-state index contributed by atoms with van der Waals surface area (Å²) in [6.07, 6.45) is 5.25. The van der Waals surface area contributed by atoms with E-state index in [0.29, 0.717) is 61.3 Å². The molecule has 10 rings (SSSR count). The molecule has 6 aliphatic carbocycles. The van der Waals surface area contributed by atoms with Crippen molar-refractivity contribution in [1.82, 2.24) is 4.90 Å². The van der Waals surface area contributed by atoms with Gasteiger partial charge in [-0.2, -0.15) is 13.2 Å². The Morgan fingerprint density at radius 3 is 2.37 bits per heavy atom. The van der Waals surface area contributed by atoms with Gasteiger partial charge in [-0.15, -0.1) is 0 Å². The summed E-state index contributed by atoms with van der Waals surface area (Å²) in [5, 5.41) is 27.5. The number of alkyl halides is 3. The van der Waals surface area contributed by atoms with Crippen molar-refractivity contribution in [2.45, 2.75) is 83.2 Å². The number of anilines is 1. The van der Waals surface area contributed by atoms with Crippen molar-refractivity contribution in [2.75, 3.05) is 26.1 Å². The third-order valence-corrected chi connectivity index (χ3v) is 16.3. The van der Waals surface area contributed by atoms with Crippen LogP contribution in [0.2, 0.25) is 5.02 Å². The third kappa shape index (κ3) is 6.72. The van der Waals surface area contributed by atoms with E-state index in [1.165, 1.54) is 18.2 Å². The molecule has 1 aromatic heterocycles. The number of nitrogens with zero attached hydrogens (tertiary/aromatic N) is 1. The van der Waals surface area contributed by atoms with Crippen LogP contribution < -0.4 is 14.8 Å². The first-order chi connectivity index (χ1) is 29.9. The molecule has 0 radical (unpaired) electrons. The number of carbonyl (C=O) groups excluding carboxylic acids is 2. The van der Waals surface area contributed by atoms with Crippen molar-refractivity contribution in [3.8, 4) is 22.8 Å². The molecule has 63 heavy (non-hydrogen) atoms. The summed E-state index contributed by atoms with van der Waals surface area (Å²) in [5.41, 5.74) is -3.07. The van der Waals surface area contributed by atoms with Gasteiger partial charge in [0.1, 0.15) is 17.3 Å². The number of halogens is 4. The van der Waals surface area contributed by atoms with E-state index in [9.17, 15) is 28.2 Å². The van der Waals surface area contributed by atoms with Gasteiger partial charge in [-0.1, -0.05) is 61.9 Å². The van der Waals surface area contributed by atoms with E-state index in [-0.39, 0.29) is 52.4 Å². The van der Waals surface area contributed by atoms with Crippen molar-refractivity contribution in [3.63, 3.8) is 0 Å². The third-order valence-electron chi connectivity index (χ3n) is 16.0. The maximum absolute atomic E-state index is 15.2. The maximum atomic E-state index is 15.2. The number of carbonyl (C=O) groups is 2. The fraction of sp³-hybridized carbons (Fsp3) is 0.440. The maximum Gasteiger partial charge on any atom is 0.416 e. The molecule has 3 saturated carbocycles. The van der Waals surface area contributed by atoms with Crippen molar-refractivity contribution in [2.24, 2.45) is 33.5 Å². The number of nitrogens with one attached hydrogen (secondary N) is 1. The fourth-order valence-corrected chi connectivity index (χ4v) is 12.9. The Morgan fingerprint density at radius 1 is 0.905 bits per heavy atom. The van der Waals surface area contributed by atoms with Crippen LogP contribution in [-0.4, -0.2) is 59.4 Å². The number of ketones is 1. The van der Waals surface area contributed by atoms with Crippen LogP contribution in [0.1, 0.15) is 80.5 Å². The van der Waals surface area contributed by atoms with Crippen LogP contribution in [0.3, 0.4) is 0 Å². The normalized spacial score (nSPS) is 31.7. The average Bonchev–Trinajstić information content (AvgIpc) is 3.85. The molecule has 4 aromatic rings. The van der Waals surface area contributed by atoms with Crippen LogP contribution in [0, 0.1) is 33.5 Å². The summed E-state index contributed by atoms with van der Waals surface area (Å²) >= 11 is 6.42. The molecule has 3 fully saturated rings. The van der Waals surface area contributed by atoms with E-state index >= 15 is 4.79 Å². The molecule has 0 saturated heterocycles. The van der Waals surface area contributed by atoms with Gasteiger partial charge in [0.15, 0.2) is 5.76 Å². The molecule has 6 aliphatic rings. The van der Waals surface area contributed by atoms with Crippen molar-refractivity contribution in [3.05, 3.63) is 125 Å². The molecule has 8 unspecified atom stereocenters. The van der Waals surface area contributed by atoms with Gasteiger partial charge < -0.3 is 34.3 Å². The molecular formula is C50H52ClF3N2O7. The lowest BCUT2D eigenvalue weighted by atomic mass is 9.32. The minimum Gasteiger partial charge on any atom is -0.497 e. The van der Waals surface area contributed by atoms with Crippen LogP contribution >= 0.6 is 11.6 Å². The molecule has 332 valence electrons. The summed E-state index contributed by atoms with van der Waals surface area (Å²) in [7, 11) is 3.12. The summed E-state index contributed by atoms with van der Waals surface area (Å²) in [6.45, 7) is 4.47. The van der Waals surface area contributed by atoms with Crippen LogP contribution in [0.4, 0.5) is 23.7 Å². The molecule has 2 bridgehead atoms. The second kappa shape index (κ2) is 15.3. The highest BCUT2D eigenvalue weighted by Gasteiger charge is 2.74. The zero-order valence-corrected chi connectivity index (χ0v) is 36.5. The van der Waals surface area contributed by atoms with E-state index in [1.54, 1.807) is 43.4 Å². The number of ether oxygens (including phenoxy) is 2. The number of allylic oxidation sites excluding steroid dienone is 4. The lowest BCUT2D eigenvalue weighted by Gasteiger charge is -2.71. The predicted molar refractivity (Wildman–Crippen MR) is 232 cm³/mol. The first kappa shape index (κ1) is 43.2. The summed E-state index contributed by atoms with van der Waals surface area (Å²) < 4.78 is 58.6. The van der Waals surface area contributed by atoms with Crippen LogP contribution in [0.25, 0.3) is 11.3 Å². The smallest absolute Gasteiger partial charge is 0.416 e. The summed E-state index contributed by atoms with van der Waals surface area (Å²) in [4.78, 5) is 31.3. The molecule has 3 aromatic carbocycles. The number of urea groups is 1. The largest absolute Gasteiger partial charge is 0.497 e. The van der Waals surface area contributed by atoms with Gasteiger partial charge in [0.2, 0.25) is 5.78 Å². The lowest BCUT2D eigenvalue weighted by molar-refractivity contribution is -0.174. The Morgan fingerprint density at radius 2 is 1.63 bits per heavy atom. The Bertz CT molecular complexity index is 2520. The molecule has 2 amide bonds. The number of aliphatic hydroxyl groups excluding tert-OH is 1. The SMILES string of the molecule is COc1ccc(CN(CC2(O)CCC3C45C=CC6(C=C4C(=O)c4ccc(-c7cc(C(F)(F)F)ccc7Cl)o4)CC(O)CCC6(C)C5CCC32C)C(=O)Nc2ccccc2)c(OC)c1. The van der Waals surface area contributed by atoms with Gasteiger partial charge >= 0.3 is 12.2 Å². The summed E-state index contributed by atoms with van der Waals surface area (Å²) in [6, 6.07) is 20.1. The Balaban J connectivity index is 1.11. The second-order valence-corrected chi connectivity index (χ2v) is 19.2. The van der Waals surface area contributed by atoms with Crippen molar-refractivity contribution < 1.29 is 46.9 Å². The minimum atomic E-state index is -4.62. The number of fused-ring (bicyclic) bond motifs is 1. The number of methoxy groups -OCH3 is 2. The Kier molecular flexibility index (Phi) is 10.5. The van der Waals surface area contributed by atoms with Crippen LogP contribution in [0.15, 0.2) is 107 Å². The Labute approximate surface area is 369 Å². The number of amides is 2. The minimum absolute atomic E-state index is 0.0152. The van der Waals surface area contributed by atoms with Crippen molar-refractivity contribution in [1.29, 1.82) is 0 Å². The number of aliphatic hydroxyl groups is 2. The number of hydrogen-bond donors (Lipinski definition) is 3. The van der Waals surface area contributed by atoms with Gasteiger partial charge in [-0.3, -0.25) is 4.79 Å². The molecular weight excluding hydrogens is 833 g/mol. The first-order valence-corrected chi connectivity index (χ1v) is 22.0. The van der Waals surface area contributed by atoms with Gasteiger partial charge in [-0.25, -0.2) is 4.79 Å². The fourth-order valence-electron chi connectivity index (χ4n) is 12.7. The van der Waals surface area contributed by atoms with Gasteiger partial charge in [0.05, 0.1) is 49.6 Å². The zero-order valence-electron chi connectivity index (χ0n) is 35.7. The number of para-hydroxylation sites is 1. The van der Waals surface area contributed by atoms with E-state index in [1.807, 2.05) is 30.3 Å². The number of Topliss-reactive ketones (excluding diaryl/α,β-unsaturated/α-hetero) is 1. The van der Waals surface area contributed by atoms with Gasteiger partial charge in [0, 0.05) is 44.7 Å². The lowest BCUT2D eigenvalue weighted by Crippen LogP contribution is -2.67. The van der Waals surface area contributed by atoms with E-state index in [0.717, 1.165) is 24.1 Å². The van der Waals surface area contributed by atoms with Crippen LogP contribution in [-0.2, 0) is 12.7 Å². The van der Waals surface area contributed by atoms with Gasteiger partial charge in [-0.05, 0) is 117 Å². The summed E-state index contributed by atoms with van der Waals surface area (Å²) in [5.74, 6) is 0.425. The van der Waals surface area contributed by atoms with E-state index in [4.69, 9.17) is 25.5 Å². The molecule has 1 heterocycles. The van der Waals surface area contributed by atoms with Crippen LogP contribution in [0.5, 0.6) is 11.5 Å². The van der Waals surface area contributed by atoms with Crippen molar-refractivity contribution >= 4 is 29.1 Å². The zero-order chi connectivity index (χ0) is 44.7. The highest BCUT2D eigenvalue weighted by molar-refractivity contribution is 6.33. The first-order valence-electron chi connectivity index (χ1n) is 21.6. The second-order valence-electron chi connectivity index (χ2n) is 18.8. The molecule has 9 nitrogen and oxygen atoms in total.